The summed E-state index contributed by atoms with van der Waals surface area (Å²) in [5, 5.41) is 5.55. The number of nitrogens with one attached hydrogen (secondary N) is 2. The Balaban J connectivity index is 1.85. The molecule has 2 rings (SSSR count). The molecule has 1 aromatic carbocycles. The maximum atomic E-state index is 12.1. The summed E-state index contributed by atoms with van der Waals surface area (Å²) in [6.45, 7) is -0.172. The quantitative estimate of drug-likeness (QED) is 0.835. The van der Waals surface area contributed by atoms with Crippen LogP contribution in [0.3, 0.4) is 0 Å². The number of carbonyl (C=O) groups is 2. The van der Waals surface area contributed by atoms with Crippen LogP contribution in [0.1, 0.15) is 18.5 Å². The Kier molecular flexibility index (Phi) is 5.26. The van der Waals surface area contributed by atoms with E-state index in [9.17, 15) is 18.4 Å². The summed E-state index contributed by atoms with van der Waals surface area (Å²) in [7, 11) is 0. The number of ether oxygens (including phenoxy) is 1. The van der Waals surface area contributed by atoms with Crippen LogP contribution < -0.4 is 15.4 Å². The molecule has 0 unspecified atom stereocenters. The Morgan fingerprint density at radius 1 is 1.41 bits per heavy atom. The summed E-state index contributed by atoms with van der Waals surface area (Å²) in [5.74, 6) is -0.227. The fourth-order valence-electron chi connectivity index (χ4n) is 2.10. The maximum absolute atomic E-state index is 12.1. The van der Waals surface area contributed by atoms with E-state index in [0.717, 1.165) is 10.5 Å². The summed E-state index contributed by atoms with van der Waals surface area (Å²) in [6.07, 6.45) is 0. The number of hydrogen-bond donors (Lipinski definition) is 2. The first-order valence-corrected chi connectivity index (χ1v) is 6.83. The predicted octanol–water partition coefficient (Wildman–Crippen LogP) is 1.49. The minimum Gasteiger partial charge on any atom is -0.435 e. The lowest BCUT2D eigenvalue weighted by Gasteiger charge is -2.17. The second-order valence-corrected chi connectivity index (χ2v) is 4.83. The molecule has 8 heteroatoms. The highest BCUT2D eigenvalue weighted by atomic mass is 19.3. The first kappa shape index (κ1) is 16.2. The highest BCUT2D eigenvalue weighted by Gasteiger charge is 2.25. The number of hydrogen-bond acceptors (Lipinski definition) is 4. The van der Waals surface area contributed by atoms with Gasteiger partial charge in [0.05, 0.1) is 6.54 Å². The molecule has 1 aromatic rings. The number of carbonyl (C=O) groups excluding carboxylic acids is 2. The minimum absolute atomic E-state index is 0.0177. The van der Waals surface area contributed by atoms with Gasteiger partial charge in [0.15, 0.2) is 0 Å². The maximum Gasteiger partial charge on any atom is 0.387 e. The van der Waals surface area contributed by atoms with E-state index in [1.54, 1.807) is 12.1 Å². The monoisotopic (exact) mass is 313 g/mol. The van der Waals surface area contributed by atoms with Gasteiger partial charge in [0.2, 0.25) is 5.91 Å². The predicted molar refractivity (Wildman–Crippen MR) is 74.6 cm³/mol. The molecular weight excluding hydrogens is 296 g/mol. The molecule has 1 saturated heterocycles. The van der Waals surface area contributed by atoms with Crippen LogP contribution in [-0.4, -0.2) is 43.1 Å². The van der Waals surface area contributed by atoms with Crippen molar-refractivity contribution >= 4 is 11.9 Å². The third kappa shape index (κ3) is 4.14. The molecule has 1 heterocycles. The van der Waals surface area contributed by atoms with Gasteiger partial charge in [-0.05, 0) is 24.6 Å². The summed E-state index contributed by atoms with van der Waals surface area (Å²) >= 11 is 0. The molecule has 0 aliphatic carbocycles. The second-order valence-electron chi connectivity index (χ2n) is 4.83. The summed E-state index contributed by atoms with van der Waals surface area (Å²) < 4.78 is 28.4. The second kappa shape index (κ2) is 7.17. The Labute approximate surface area is 126 Å². The van der Waals surface area contributed by atoms with Gasteiger partial charge in [-0.1, -0.05) is 12.1 Å². The molecule has 1 aliphatic rings. The lowest BCUT2D eigenvalue weighted by Crippen LogP contribution is -2.40. The Hall–Kier alpha value is -2.22. The summed E-state index contributed by atoms with van der Waals surface area (Å²) in [4.78, 5) is 24.4. The van der Waals surface area contributed by atoms with Gasteiger partial charge in [-0.25, -0.2) is 4.79 Å². The van der Waals surface area contributed by atoms with E-state index in [4.69, 9.17) is 0 Å². The zero-order chi connectivity index (χ0) is 16.1. The van der Waals surface area contributed by atoms with Crippen LogP contribution in [0.15, 0.2) is 24.3 Å². The summed E-state index contributed by atoms with van der Waals surface area (Å²) in [6, 6.07) is 5.61. The number of halogens is 2. The van der Waals surface area contributed by atoms with E-state index < -0.39 is 6.61 Å². The van der Waals surface area contributed by atoms with Crippen molar-refractivity contribution in [2.75, 3.05) is 19.6 Å². The van der Waals surface area contributed by atoms with Crippen LogP contribution in [0.4, 0.5) is 13.6 Å². The third-order valence-electron chi connectivity index (χ3n) is 3.32. The molecule has 0 spiro atoms. The zero-order valence-electron chi connectivity index (χ0n) is 12.0. The van der Waals surface area contributed by atoms with Gasteiger partial charge < -0.3 is 15.4 Å². The van der Waals surface area contributed by atoms with Crippen molar-refractivity contribution in [3.8, 4) is 5.75 Å². The van der Waals surface area contributed by atoms with E-state index >= 15 is 0 Å². The average Bonchev–Trinajstić information content (AvgIpc) is 2.91. The van der Waals surface area contributed by atoms with Crippen molar-refractivity contribution < 1.29 is 23.1 Å². The molecule has 0 saturated carbocycles. The Morgan fingerprint density at radius 2 is 2.09 bits per heavy atom. The van der Waals surface area contributed by atoms with Gasteiger partial charge in [0, 0.05) is 19.1 Å². The molecule has 0 radical (unpaired) electrons. The number of alkyl halides is 2. The number of nitrogens with zero attached hydrogens (tertiary/aromatic N) is 1. The number of urea groups is 1. The number of benzene rings is 1. The van der Waals surface area contributed by atoms with Crippen molar-refractivity contribution in [2.45, 2.75) is 19.6 Å². The largest absolute Gasteiger partial charge is 0.435 e. The first-order valence-electron chi connectivity index (χ1n) is 6.83. The first-order chi connectivity index (χ1) is 10.5. The Morgan fingerprint density at radius 3 is 2.64 bits per heavy atom. The molecular formula is C14H17F2N3O3. The highest BCUT2D eigenvalue weighted by Crippen LogP contribution is 2.19. The van der Waals surface area contributed by atoms with Crippen LogP contribution >= 0.6 is 0 Å². The number of amides is 3. The fraction of sp³-hybridized carbons (Fsp3) is 0.429. The third-order valence-corrected chi connectivity index (χ3v) is 3.32. The lowest BCUT2D eigenvalue weighted by molar-refractivity contribution is -0.126. The van der Waals surface area contributed by atoms with Gasteiger partial charge in [-0.3, -0.25) is 9.69 Å². The molecule has 3 amide bonds. The summed E-state index contributed by atoms with van der Waals surface area (Å²) in [5.41, 5.74) is 0.820. The van der Waals surface area contributed by atoms with Crippen LogP contribution in [0.25, 0.3) is 0 Å². The van der Waals surface area contributed by atoms with Gasteiger partial charge >= 0.3 is 12.6 Å². The molecule has 1 aliphatic heterocycles. The van der Waals surface area contributed by atoms with Crippen molar-refractivity contribution in [2.24, 2.45) is 0 Å². The van der Waals surface area contributed by atoms with Crippen molar-refractivity contribution in [3.63, 3.8) is 0 Å². The van der Waals surface area contributed by atoms with Crippen molar-refractivity contribution in [3.05, 3.63) is 29.8 Å². The minimum atomic E-state index is -2.86. The van der Waals surface area contributed by atoms with Gasteiger partial charge in [-0.15, -0.1) is 0 Å². The van der Waals surface area contributed by atoms with E-state index in [-0.39, 0.29) is 30.3 Å². The van der Waals surface area contributed by atoms with Gasteiger partial charge in [-0.2, -0.15) is 8.78 Å². The van der Waals surface area contributed by atoms with Crippen molar-refractivity contribution in [1.29, 1.82) is 0 Å². The average molecular weight is 313 g/mol. The van der Waals surface area contributed by atoms with Crippen LogP contribution in [0.2, 0.25) is 0 Å². The molecule has 120 valence electrons. The number of imide groups is 1. The molecule has 2 N–H and O–H groups in total. The van der Waals surface area contributed by atoms with Crippen molar-refractivity contribution in [1.82, 2.24) is 15.5 Å². The molecule has 1 fully saturated rings. The number of rotatable bonds is 6. The molecule has 0 aromatic heterocycles. The van der Waals surface area contributed by atoms with E-state index in [0.29, 0.717) is 13.1 Å². The molecule has 0 bridgehead atoms. The molecule has 1 atom stereocenters. The normalized spacial score (nSPS) is 15.8. The standard InChI is InChI=1S/C14H17F2N3O3/c1-9(10-2-4-11(5-3-10)22-13(15)16)18-8-12(20)19-7-6-17-14(19)21/h2-5,9,13,18H,6-8H2,1H3,(H,17,21)/t9-/m1/s1. The lowest BCUT2D eigenvalue weighted by atomic mass is 10.1. The van der Waals surface area contributed by atoms with E-state index in [2.05, 4.69) is 15.4 Å². The van der Waals surface area contributed by atoms with Crippen LogP contribution in [0.5, 0.6) is 5.75 Å². The molecule has 6 nitrogen and oxygen atoms in total. The fourth-order valence-corrected chi connectivity index (χ4v) is 2.10. The van der Waals surface area contributed by atoms with E-state index in [1.807, 2.05) is 6.92 Å². The Bertz CT molecular complexity index is 537. The van der Waals surface area contributed by atoms with Gasteiger partial charge in [0.25, 0.3) is 0 Å². The van der Waals surface area contributed by atoms with E-state index in [1.165, 1.54) is 12.1 Å². The smallest absolute Gasteiger partial charge is 0.387 e. The zero-order valence-corrected chi connectivity index (χ0v) is 12.0. The van der Waals surface area contributed by atoms with Gasteiger partial charge in [0.1, 0.15) is 5.75 Å². The SMILES string of the molecule is C[C@@H](NCC(=O)N1CCNC1=O)c1ccc(OC(F)F)cc1. The highest BCUT2D eigenvalue weighted by molar-refractivity contribution is 5.96. The van der Waals surface area contributed by atoms with Crippen LogP contribution in [-0.2, 0) is 4.79 Å². The molecule has 22 heavy (non-hydrogen) atoms. The topological polar surface area (TPSA) is 70.7 Å². The van der Waals surface area contributed by atoms with Crippen LogP contribution in [0, 0.1) is 0 Å².